The number of rotatable bonds is 10. The summed E-state index contributed by atoms with van der Waals surface area (Å²) in [7, 11) is 0. The Morgan fingerprint density at radius 3 is 2.89 bits per heavy atom. The fraction of sp³-hybridized carbons (Fsp3) is 0.278. The van der Waals surface area contributed by atoms with Crippen molar-refractivity contribution in [1.29, 1.82) is 0 Å². The first-order chi connectivity index (χ1) is 13.2. The third kappa shape index (κ3) is 5.95. The number of H-pyrrole nitrogens is 1. The van der Waals surface area contributed by atoms with E-state index in [1.807, 2.05) is 30.3 Å². The van der Waals surface area contributed by atoms with Crippen molar-refractivity contribution >= 4 is 17.7 Å². The SMILES string of the molecule is O=C(NC(CO)COCc1ccccc1)c1ccc(CSc2ncn[nH]2)o1. The van der Waals surface area contributed by atoms with Gasteiger partial charge in [-0.25, -0.2) is 4.98 Å². The van der Waals surface area contributed by atoms with Crippen LogP contribution in [0.1, 0.15) is 21.9 Å². The summed E-state index contributed by atoms with van der Waals surface area (Å²) in [5, 5.41) is 19.4. The van der Waals surface area contributed by atoms with Gasteiger partial charge in [-0.05, 0) is 17.7 Å². The van der Waals surface area contributed by atoms with Crippen LogP contribution in [-0.4, -0.2) is 45.5 Å². The minimum absolute atomic E-state index is 0.185. The molecule has 142 valence electrons. The van der Waals surface area contributed by atoms with Gasteiger partial charge < -0.3 is 19.6 Å². The van der Waals surface area contributed by atoms with E-state index >= 15 is 0 Å². The van der Waals surface area contributed by atoms with Crippen LogP contribution in [-0.2, 0) is 17.1 Å². The van der Waals surface area contributed by atoms with Gasteiger partial charge in [-0.15, -0.1) is 0 Å². The summed E-state index contributed by atoms with van der Waals surface area (Å²) < 4.78 is 11.1. The Bertz CT molecular complexity index is 823. The third-order valence-electron chi connectivity index (χ3n) is 3.62. The monoisotopic (exact) mass is 388 g/mol. The third-order valence-corrected chi connectivity index (χ3v) is 4.51. The molecule has 0 aliphatic carbocycles. The quantitative estimate of drug-likeness (QED) is 0.455. The first kappa shape index (κ1) is 19.2. The number of amides is 1. The first-order valence-corrected chi connectivity index (χ1v) is 9.33. The number of nitrogens with one attached hydrogen (secondary N) is 2. The number of furan rings is 1. The van der Waals surface area contributed by atoms with Crippen LogP contribution in [0.25, 0.3) is 0 Å². The van der Waals surface area contributed by atoms with Gasteiger partial charge in [-0.3, -0.25) is 9.89 Å². The Morgan fingerprint density at radius 2 is 2.15 bits per heavy atom. The lowest BCUT2D eigenvalue weighted by molar-refractivity contribution is 0.0660. The number of carbonyl (C=O) groups excluding carboxylic acids is 1. The molecule has 0 bridgehead atoms. The zero-order valence-electron chi connectivity index (χ0n) is 14.5. The summed E-state index contributed by atoms with van der Waals surface area (Å²) in [6.45, 7) is 0.387. The van der Waals surface area contributed by atoms with Crippen LogP contribution in [0.3, 0.4) is 0 Å². The van der Waals surface area contributed by atoms with Gasteiger partial charge in [-0.1, -0.05) is 42.1 Å². The molecule has 8 nitrogen and oxygen atoms in total. The van der Waals surface area contributed by atoms with E-state index in [-0.39, 0.29) is 19.0 Å². The van der Waals surface area contributed by atoms with E-state index in [4.69, 9.17) is 9.15 Å². The largest absolute Gasteiger partial charge is 0.455 e. The van der Waals surface area contributed by atoms with Crippen molar-refractivity contribution in [3.8, 4) is 0 Å². The highest BCUT2D eigenvalue weighted by Crippen LogP contribution is 2.20. The van der Waals surface area contributed by atoms with E-state index in [0.29, 0.717) is 23.3 Å². The van der Waals surface area contributed by atoms with E-state index in [1.54, 1.807) is 12.1 Å². The lowest BCUT2D eigenvalue weighted by atomic mass is 10.2. The second kappa shape index (κ2) is 9.91. The van der Waals surface area contributed by atoms with Crippen molar-refractivity contribution in [3.63, 3.8) is 0 Å². The van der Waals surface area contributed by atoms with Gasteiger partial charge in [0.1, 0.15) is 12.1 Å². The Balaban J connectivity index is 1.45. The molecule has 1 amide bonds. The standard InChI is InChI=1S/C18H20N4O4S/c23-8-14(10-25-9-13-4-2-1-3-5-13)21-17(24)16-7-6-15(26-16)11-27-18-19-12-20-22-18/h1-7,12,14,23H,8-11H2,(H,21,24)(H,19,20,22). The van der Waals surface area contributed by atoms with Crippen LogP contribution in [0.4, 0.5) is 0 Å². The van der Waals surface area contributed by atoms with Crippen molar-refractivity contribution in [2.75, 3.05) is 13.2 Å². The van der Waals surface area contributed by atoms with Gasteiger partial charge in [0, 0.05) is 0 Å². The van der Waals surface area contributed by atoms with Crippen molar-refractivity contribution in [2.24, 2.45) is 0 Å². The lowest BCUT2D eigenvalue weighted by Gasteiger charge is -2.15. The fourth-order valence-corrected chi connectivity index (χ4v) is 2.94. The molecule has 0 spiro atoms. The van der Waals surface area contributed by atoms with Crippen LogP contribution >= 0.6 is 11.8 Å². The zero-order chi connectivity index (χ0) is 18.9. The number of ether oxygens (including phenoxy) is 1. The zero-order valence-corrected chi connectivity index (χ0v) is 15.3. The van der Waals surface area contributed by atoms with Crippen molar-refractivity contribution < 1.29 is 19.1 Å². The number of hydrogen-bond acceptors (Lipinski definition) is 7. The number of carbonyl (C=O) groups is 1. The highest BCUT2D eigenvalue weighted by molar-refractivity contribution is 7.98. The number of benzene rings is 1. The number of aromatic amines is 1. The molecule has 0 saturated heterocycles. The van der Waals surface area contributed by atoms with Gasteiger partial charge >= 0.3 is 0 Å². The van der Waals surface area contributed by atoms with Gasteiger partial charge in [0.25, 0.3) is 5.91 Å². The molecule has 27 heavy (non-hydrogen) atoms. The molecule has 2 aromatic heterocycles. The maximum atomic E-state index is 12.3. The minimum atomic E-state index is -0.515. The highest BCUT2D eigenvalue weighted by Gasteiger charge is 2.17. The van der Waals surface area contributed by atoms with E-state index < -0.39 is 11.9 Å². The summed E-state index contributed by atoms with van der Waals surface area (Å²) in [4.78, 5) is 16.3. The Kier molecular flexibility index (Phi) is 7.03. The number of aliphatic hydroxyl groups excluding tert-OH is 1. The molecule has 0 aliphatic heterocycles. The Morgan fingerprint density at radius 1 is 1.30 bits per heavy atom. The molecule has 0 fully saturated rings. The Labute approximate surface area is 160 Å². The molecule has 0 radical (unpaired) electrons. The molecule has 3 N–H and O–H groups in total. The molecule has 0 aliphatic rings. The van der Waals surface area contributed by atoms with Crippen LogP contribution in [0.5, 0.6) is 0 Å². The van der Waals surface area contributed by atoms with Crippen LogP contribution < -0.4 is 5.32 Å². The second-order valence-electron chi connectivity index (χ2n) is 5.70. The van der Waals surface area contributed by atoms with Crippen LogP contribution in [0.2, 0.25) is 0 Å². The molecule has 2 heterocycles. The summed E-state index contributed by atoms with van der Waals surface area (Å²) in [6, 6.07) is 12.5. The number of aromatic nitrogens is 3. The fourth-order valence-electron chi connectivity index (χ4n) is 2.27. The van der Waals surface area contributed by atoms with Gasteiger partial charge in [0.15, 0.2) is 10.9 Å². The summed E-state index contributed by atoms with van der Waals surface area (Å²) in [5.41, 5.74) is 1.03. The molecule has 1 aromatic carbocycles. The minimum Gasteiger partial charge on any atom is -0.455 e. The predicted octanol–water partition coefficient (Wildman–Crippen LogP) is 2.00. The van der Waals surface area contributed by atoms with E-state index in [2.05, 4.69) is 20.5 Å². The molecular formula is C18H20N4O4S. The second-order valence-corrected chi connectivity index (χ2v) is 6.66. The van der Waals surface area contributed by atoms with E-state index in [0.717, 1.165) is 5.56 Å². The topological polar surface area (TPSA) is 113 Å². The average molecular weight is 388 g/mol. The van der Waals surface area contributed by atoms with Gasteiger partial charge in [-0.2, -0.15) is 5.10 Å². The van der Waals surface area contributed by atoms with Gasteiger partial charge in [0.05, 0.1) is 31.6 Å². The average Bonchev–Trinajstić information content (AvgIpc) is 3.38. The molecule has 1 unspecified atom stereocenters. The number of aliphatic hydroxyl groups is 1. The van der Waals surface area contributed by atoms with Crippen molar-refractivity contribution in [1.82, 2.24) is 20.5 Å². The molecular weight excluding hydrogens is 368 g/mol. The molecule has 0 saturated carbocycles. The molecule has 3 rings (SSSR count). The molecule has 1 atom stereocenters. The van der Waals surface area contributed by atoms with Crippen molar-refractivity contribution in [3.05, 3.63) is 65.9 Å². The Hall–Kier alpha value is -2.62. The number of hydrogen-bond donors (Lipinski definition) is 3. The molecule has 9 heteroatoms. The van der Waals surface area contributed by atoms with Crippen LogP contribution in [0.15, 0.2) is 58.4 Å². The summed E-state index contributed by atoms with van der Waals surface area (Å²) in [5.74, 6) is 0.951. The lowest BCUT2D eigenvalue weighted by Crippen LogP contribution is -2.40. The summed E-state index contributed by atoms with van der Waals surface area (Å²) in [6.07, 6.45) is 1.43. The maximum absolute atomic E-state index is 12.3. The van der Waals surface area contributed by atoms with E-state index in [1.165, 1.54) is 18.1 Å². The normalized spacial score (nSPS) is 12.0. The maximum Gasteiger partial charge on any atom is 0.287 e. The van der Waals surface area contributed by atoms with Gasteiger partial charge in [0.2, 0.25) is 0 Å². The van der Waals surface area contributed by atoms with E-state index in [9.17, 15) is 9.90 Å². The number of nitrogens with zero attached hydrogens (tertiary/aromatic N) is 2. The molecule has 3 aromatic rings. The smallest absolute Gasteiger partial charge is 0.287 e. The number of thioether (sulfide) groups is 1. The summed E-state index contributed by atoms with van der Waals surface area (Å²) >= 11 is 1.42. The highest BCUT2D eigenvalue weighted by atomic mass is 32.2. The van der Waals surface area contributed by atoms with Crippen molar-refractivity contribution in [2.45, 2.75) is 23.6 Å². The predicted molar refractivity (Wildman–Crippen MR) is 99.1 cm³/mol. The first-order valence-electron chi connectivity index (χ1n) is 8.35. The van der Waals surface area contributed by atoms with Crippen LogP contribution in [0, 0.1) is 0 Å².